The van der Waals surface area contributed by atoms with Gasteiger partial charge in [-0.2, -0.15) is 5.90 Å². The molecule has 4 aliphatic rings. The summed E-state index contributed by atoms with van der Waals surface area (Å²) in [5, 5.41) is 0. The Bertz CT molecular complexity index is 411. The summed E-state index contributed by atoms with van der Waals surface area (Å²) in [5.74, 6) is 10.8. The Hall–Kier alpha value is -1.02. The molecular weight excluding hydrogens is 222 g/mol. The van der Waals surface area contributed by atoms with Crippen LogP contribution in [0.25, 0.3) is 0 Å². The third-order valence-corrected chi connectivity index (χ3v) is 5.63. The van der Waals surface area contributed by atoms with Crippen LogP contribution in [0.15, 0.2) is 24.3 Å². The highest BCUT2D eigenvalue weighted by atomic mass is 16.6. The molecule has 4 aliphatic carbocycles. The molecular formula is C16H21NO. The summed E-state index contributed by atoms with van der Waals surface area (Å²) in [5.41, 5.74) is 1.52. The maximum absolute atomic E-state index is 5.19. The zero-order chi connectivity index (χ0) is 12.1. The lowest BCUT2D eigenvalue weighted by Crippen LogP contribution is -2.43. The number of hydrogen-bond acceptors (Lipinski definition) is 2. The summed E-state index contributed by atoms with van der Waals surface area (Å²) >= 11 is 0. The van der Waals surface area contributed by atoms with Gasteiger partial charge in [-0.15, -0.1) is 0 Å². The number of nitrogens with two attached hydrogens (primary N) is 1. The fourth-order valence-electron chi connectivity index (χ4n) is 5.24. The molecule has 0 spiro atoms. The lowest BCUT2D eigenvalue weighted by molar-refractivity contribution is -0.00279. The Labute approximate surface area is 108 Å². The minimum Gasteiger partial charge on any atom is -0.412 e. The van der Waals surface area contributed by atoms with Gasteiger partial charge in [-0.25, -0.2) is 0 Å². The van der Waals surface area contributed by atoms with Crippen LogP contribution < -0.4 is 10.7 Å². The normalized spacial score (nSPS) is 41.1. The zero-order valence-electron chi connectivity index (χ0n) is 10.7. The van der Waals surface area contributed by atoms with Gasteiger partial charge in [-0.3, -0.25) is 0 Å². The first-order chi connectivity index (χ1) is 8.83. The van der Waals surface area contributed by atoms with E-state index in [-0.39, 0.29) is 0 Å². The number of rotatable bonds is 2. The Morgan fingerprint density at radius 1 is 0.833 bits per heavy atom. The lowest BCUT2D eigenvalue weighted by atomic mass is 9.51. The molecule has 0 saturated heterocycles. The van der Waals surface area contributed by atoms with Gasteiger partial charge in [-0.1, -0.05) is 12.1 Å². The van der Waals surface area contributed by atoms with Crippen LogP contribution in [0.4, 0.5) is 0 Å². The fraction of sp³-hybridized carbons (Fsp3) is 0.625. The van der Waals surface area contributed by atoms with Crippen molar-refractivity contribution in [3.8, 4) is 5.75 Å². The standard InChI is InChI=1S/C16H21NO/c17-18-15-3-1-12(2-4-15)16-13-6-10-5-11(8-13)9-14(16)7-10/h1-4,10-11,13-14,16H,5-9,17H2. The number of benzene rings is 1. The summed E-state index contributed by atoms with van der Waals surface area (Å²) in [6.07, 6.45) is 7.44. The van der Waals surface area contributed by atoms with Crippen molar-refractivity contribution in [1.82, 2.24) is 0 Å². The molecule has 2 N–H and O–H groups in total. The van der Waals surface area contributed by atoms with Crippen LogP contribution in [0.3, 0.4) is 0 Å². The smallest absolute Gasteiger partial charge is 0.146 e. The van der Waals surface area contributed by atoms with E-state index in [1.165, 1.54) is 37.7 Å². The highest BCUT2D eigenvalue weighted by Crippen LogP contribution is 2.59. The SMILES string of the molecule is NOc1ccc(C2C3CC4CC(C3)CC2C4)cc1. The van der Waals surface area contributed by atoms with Gasteiger partial charge >= 0.3 is 0 Å². The first kappa shape index (κ1) is 10.9. The molecule has 0 atom stereocenters. The van der Waals surface area contributed by atoms with Crippen molar-refractivity contribution in [1.29, 1.82) is 0 Å². The molecule has 0 aliphatic heterocycles. The Morgan fingerprint density at radius 3 is 1.89 bits per heavy atom. The van der Waals surface area contributed by atoms with Crippen LogP contribution in [0, 0.1) is 23.7 Å². The summed E-state index contributed by atoms with van der Waals surface area (Å²) in [4.78, 5) is 4.77. The van der Waals surface area contributed by atoms with Crippen molar-refractivity contribution in [2.75, 3.05) is 0 Å². The van der Waals surface area contributed by atoms with Gasteiger partial charge in [0.05, 0.1) is 0 Å². The van der Waals surface area contributed by atoms with E-state index in [4.69, 9.17) is 10.7 Å². The van der Waals surface area contributed by atoms with E-state index in [2.05, 4.69) is 12.1 Å². The van der Waals surface area contributed by atoms with Gasteiger partial charge in [0, 0.05) is 0 Å². The third kappa shape index (κ3) is 1.58. The van der Waals surface area contributed by atoms with Crippen LogP contribution in [-0.4, -0.2) is 0 Å². The predicted molar refractivity (Wildman–Crippen MR) is 71.0 cm³/mol. The van der Waals surface area contributed by atoms with Crippen molar-refractivity contribution in [3.05, 3.63) is 29.8 Å². The first-order valence-electron chi connectivity index (χ1n) is 7.30. The first-order valence-corrected chi connectivity index (χ1v) is 7.30. The van der Waals surface area contributed by atoms with Crippen LogP contribution in [0.5, 0.6) is 5.75 Å². The van der Waals surface area contributed by atoms with Gasteiger partial charge < -0.3 is 4.84 Å². The molecule has 2 nitrogen and oxygen atoms in total. The second kappa shape index (κ2) is 3.99. The van der Waals surface area contributed by atoms with E-state index in [1.54, 1.807) is 0 Å². The highest BCUT2D eigenvalue weighted by Gasteiger charge is 2.48. The third-order valence-electron chi connectivity index (χ3n) is 5.63. The molecule has 1 aromatic rings. The maximum Gasteiger partial charge on any atom is 0.146 e. The van der Waals surface area contributed by atoms with Crippen LogP contribution in [-0.2, 0) is 0 Å². The minimum atomic E-state index is 0.766. The predicted octanol–water partition coefficient (Wildman–Crippen LogP) is 3.48. The second-order valence-corrected chi connectivity index (χ2v) is 6.64. The average molecular weight is 243 g/mol. The maximum atomic E-state index is 5.19. The molecule has 0 amide bonds. The molecule has 0 aromatic heterocycles. The molecule has 0 radical (unpaired) electrons. The van der Waals surface area contributed by atoms with Crippen molar-refractivity contribution in [3.63, 3.8) is 0 Å². The van der Waals surface area contributed by atoms with Crippen molar-refractivity contribution >= 4 is 0 Å². The lowest BCUT2D eigenvalue weighted by Gasteiger charge is -2.54. The van der Waals surface area contributed by atoms with Crippen LogP contribution >= 0.6 is 0 Å². The minimum absolute atomic E-state index is 0.766. The fourth-order valence-corrected chi connectivity index (χ4v) is 5.24. The molecule has 5 rings (SSSR count). The Balaban J connectivity index is 1.63. The quantitative estimate of drug-likeness (QED) is 0.807. The van der Waals surface area contributed by atoms with Gasteiger partial charge in [-0.05, 0) is 79.4 Å². The van der Waals surface area contributed by atoms with Crippen molar-refractivity contribution in [2.45, 2.75) is 38.0 Å². The van der Waals surface area contributed by atoms with Gasteiger partial charge in [0.1, 0.15) is 5.75 Å². The molecule has 0 heterocycles. The van der Waals surface area contributed by atoms with E-state index in [1.807, 2.05) is 12.1 Å². The molecule has 0 unspecified atom stereocenters. The Morgan fingerprint density at radius 2 is 1.39 bits per heavy atom. The van der Waals surface area contributed by atoms with Gasteiger partial charge in [0.25, 0.3) is 0 Å². The van der Waals surface area contributed by atoms with Crippen molar-refractivity contribution < 1.29 is 4.84 Å². The molecule has 2 heteroatoms. The van der Waals surface area contributed by atoms with Crippen LogP contribution in [0.2, 0.25) is 0 Å². The summed E-state index contributed by atoms with van der Waals surface area (Å²) < 4.78 is 0. The average Bonchev–Trinajstić information content (AvgIpc) is 2.38. The van der Waals surface area contributed by atoms with E-state index in [0.29, 0.717) is 0 Å². The summed E-state index contributed by atoms with van der Waals surface area (Å²) in [7, 11) is 0. The van der Waals surface area contributed by atoms with E-state index < -0.39 is 0 Å². The van der Waals surface area contributed by atoms with Crippen LogP contribution in [0.1, 0.15) is 43.6 Å². The van der Waals surface area contributed by atoms with Gasteiger partial charge in [0.2, 0.25) is 0 Å². The van der Waals surface area contributed by atoms with E-state index in [9.17, 15) is 0 Å². The summed E-state index contributed by atoms with van der Waals surface area (Å²) in [6.45, 7) is 0. The molecule has 18 heavy (non-hydrogen) atoms. The second-order valence-electron chi connectivity index (χ2n) is 6.64. The molecule has 4 bridgehead atoms. The molecule has 96 valence electrons. The largest absolute Gasteiger partial charge is 0.412 e. The molecule has 4 saturated carbocycles. The van der Waals surface area contributed by atoms with E-state index >= 15 is 0 Å². The molecule has 4 fully saturated rings. The monoisotopic (exact) mass is 243 g/mol. The van der Waals surface area contributed by atoms with Crippen molar-refractivity contribution in [2.24, 2.45) is 29.6 Å². The highest BCUT2D eigenvalue weighted by molar-refractivity contribution is 5.31. The summed E-state index contributed by atoms with van der Waals surface area (Å²) in [6, 6.07) is 8.49. The Kier molecular flexibility index (Phi) is 2.41. The molecule has 1 aromatic carbocycles. The topological polar surface area (TPSA) is 35.2 Å². The van der Waals surface area contributed by atoms with Gasteiger partial charge in [0.15, 0.2) is 0 Å². The zero-order valence-corrected chi connectivity index (χ0v) is 10.7. The number of hydrogen-bond donors (Lipinski definition) is 1. The van der Waals surface area contributed by atoms with E-state index in [0.717, 1.165) is 35.3 Å².